The quantitative estimate of drug-likeness (QED) is 0.635. The van der Waals surface area contributed by atoms with E-state index in [-0.39, 0.29) is 11.4 Å². The van der Waals surface area contributed by atoms with Crippen LogP contribution in [0, 0.1) is 5.82 Å². The van der Waals surface area contributed by atoms with E-state index < -0.39 is 39.0 Å². The second kappa shape index (κ2) is 6.07. The van der Waals surface area contributed by atoms with Crippen molar-refractivity contribution in [2.24, 2.45) is 0 Å². The van der Waals surface area contributed by atoms with Crippen LogP contribution in [0.2, 0.25) is 5.02 Å². The molecule has 0 bridgehead atoms. The van der Waals surface area contributed by atoms with Crippen molar-refractivity contribution in [3.05, 3.63) is 23.0 Å². The highest BCUT2D eigenvalue weighted by molar-refractivity contribution is 7.92. The van der Waals surface area contributed by atoms with Crippen LogP contribution >= 0.6 is 11.6 Å². The molecule has 0 spiro atoms. The van der Waals surface area contributed by atoms with E-state index in [0.29, 0.717) is 0 Å². The first-order chi connectivity index (χ1) is 8.75. The molecule has 0 saturated heterocycles. The van der Waals surface area contributed by atoms with Crippen LogP contribution in [0.1, 0.15) is 6.42 Å². The van der Waals surface area contributed by atoms with Gasteiger partial charge in [-0.15, -0.1) is 0 Å². The number of halogens is 2. The maximum absolute atomic E-state index is 13.0. The highest BCUT2D eigenvalue weighted by atomic mass is 35.5. The summed E-state index contributed by atoms with van der Waals surface area (Å²) in [5.41, 5.74) is -0.394. The van der Waals surface area contributed by atoms with Crippen LogP contribution in [0.3, 0.4) is 0 Å². The van der Waals surface area contributed by atoms with Crippen LogP contribution < -0.4 is 4.72 Å². The Labute approximate surface area is 114 Å². The number of hydrogen-bond donors (Lipinski definition) is 2. The van der Waals surface area contributed by atoms with E-state index in [1.54, 1.807) is 0 Å². The third-order valence-corrected chi connectivity index (χ3v) is 3.66. The van der Waals surface area contributed by atoms with Gasteiger partial charge in [0.1, 0.15) is 5.82 Å². The minimum Gasteiger partial charge on any atom is -0.504 e. The molecule has 0 atom stereocenters. The third-order valence-electron chi connectivity index (χ3n) is 2.10. The van der Waals surface area contributed by atoms with Gasteiger partial charge in [-0.05, 0) is 6.07 Å². The summed E-state index contributed by atoms with van der Waals surface area (Å²) in [4.78, 5) is 10.8. The van der Waals surface area contributed by atoms with Gasteiger partial charge in [-0.25, -0.2) is 12.8 Å². The Bertz CT molecular complexity index is 590. The van der Waals surface area contributed by atoms with Gasteiger partial charge in [-0.2, -0.15) is 0 Å². The number of rotatable bonds is 5. The molecule has 0 aliphatic carbocycles. The Morgan fingerprint density at radius 1 is 1.53 bits per heavy atom. The van der Waals surface area contributed by atoms with Gasteiger partial charge in [-0.1, -0.05) is 11.6 Å². The Kier molecular flexibility index (Phi) is 4.96. The average Bonchev–Trinajstić information content (AvgIpc) is 2.32. The number of hydrogen-bond acceptors (Lipinski definition) is 5. The summed E-state index contributed by atoms with van der Waals surface area (Å²) in [7, 11) is -2.81. The molecule has 6 nitrogen and oxygen atoms in total. The maximum atomic E-state index is 13.0. The van der Waals surface area contributed by atoms with E-state index in [2.05, 4.69) is 4.74 Å². The molecule has 0 aliphatic heterocycles. The zero-order valence-electron chi connectivity index (χ0n) is 9.81. The molecule has 1 aromatic rings. The zero-order valence-corrected chi connectivity index (χ0v) is 11.4. The molecular formula is C10H11ClFNO5S. The molecule has 0 heterocycles. The summed E-state index contributed by atoms with van der Waals surface area (Å²) in [5, 5.41) is 9.16. The van der Waals surface area contributed by atoms with Gasteiger partial charge in [0.2, 0.25) is 10.0 Å². The Hall–Kier alpha value is -1.54. The van der Waals surface area contributed by atoms with Crippen molar-refractivity contribution >= 4 is 33.3 Å². The molecule has 0 aromatic heterocycles. The Morgan fingerprint density at radius 2 is 2.16 bits per heavy atom. The number of sulfonamides is 1. The Morgan fingerprint density at radius 3 is 2.74 bits per heavy atom. The van der Waals surface area contributed by atoms with E-state index in [9.17, 15) is 22.7 Å². The first-order valence-electron chi connectivity index (χ1n) is 5.00. The van der Waals surface area contributed by atoms with Gasteiger partial charge < -0.3 is 9.84 Å². The SMILES string of the molecule is COC(=O)CCS(=O)(=O)Nc1cc(F)cc(Cl)c1O. The Balaban J connectivity index is 2.87. The van der Waals surface area contributed by atoms with Crippen molar-refractivity contribution in [2.75, 3.05) is 17.6 Å². The summed E-state index contributed by atoms with van der Waals surface area (Å²) in [6.07, 6.45) is -0.365. The summed E-state index contributed by atoms with van der Waals surface area (Å²) < 4.78 is 42.5. The van der Waals surface area contributed by atoms with E-state index in [1.165, 1.54) is 0 Å². The van der Waals surface area contributed by atoms with Gasteiger partial charge >= 0.3 is 5.97 Å². The summed E-state index contributed by atoms with van der Waals surface area (Å²) in [6, 6.07) is 1.61. The highest BCUT2D eigenvalue weighted by Crippen LogP contribution is 2.33. The van der Waals surface area contributed by atoms with Crippen LogP contribution in [0.25, 0.3) is 0 Å². The molecule has 1 rings (SSSR count). The number of carbonyl (C=O) groups excluding carboxylic acids is 1. The standard InChI is InChI=1S/C10H11ClFNO5S/c1-18-9(14)2-3-19(16,17)13-8-5-6(12)4-7(11)10(8)15/h4-5,13,15H,2-3H2,1H3. The lowest BCUT2D eigenvalue weighted by Crippen LogP contribution is -2.19. The van der Waals surface area contributed by atoms with E-state index in [0.717, 1.165) is 19.2 Å². The molecule has 1 aromatic carbocycles. The molecule has 19 heavy (non-hydrogen) atoms. The van der Waals surface area contributed by atoms with E-state index >= 15 is 0 Å². The average molecular weight is 312 g/mol. The van der Waals surface area contributed by atoms with Crippen molar-refractivity contribution in [2.45, 2.75) is 6.42 Å². The first-order valence-corrected chi connectivity index (χ1v) is 7.03. The molecular weight excluding hydrogens is 301 g/mol. The lowest BCUT2D eigenvalue weighted by molar-refractivity contribution is -0.140. The molecule has 0 fully saturated rings. The molecule has 0 unspecified atom stereocenters. The summed E-state index contributed by atoms with van der Waals surface area (Å²) >= 11 is 5.50. The van der Waals surface area contributed by atoms with E-state index in [4.69, 9.17) is 11.6 Å². The number of carbonyl (C=O) groups is 1. The fourth-order valence-corrected chi connectivity index (χ4v) is 2.42. The lowest BCUT2D eigenvalue weighted by Gasteiger charge is -2.10. The maximum Gasteiger partial charge on any atom is 0.306 e. The predicted octanol–water partition coefficient (Wildman–Crippen LogP) is 1.49. The minimum atomic E-state index is -3.93. The van der Waals surface area contributed by atoms with Crippen molar-refractivity contribution in [1.82, 2.24) is 0 Å². The van der Waals surface area contributed by atoms with Crippen LogP contribution in [-0.4, -0.2) is 32.4 Å². The highest BCUT2D eigenvalue weighted by Gasteiger charge is 2.17. The van der Waals surface area contributed by atoms with Gasteiger partial charge in [0.15, 0.2) is 5.75 Å². The smallest absolute Gasteiger partial charge is 0.306 e. The van der Waals surface area contributed by atoms with Gasteiger partial charge in [0, 0.05) is 6.07 Å². The number of anilines is 1. The summed E-state index contributed by atoms with van der Waals surface area (Å²) in [6.45, 7) is 0. The third kappa shape index (κ3) is 4.56. The van der Waals surface area contributed by atoms with Gasteiger partial charge in [0.05, 0.1) is 30.0 Å². The van der Waals surface area contributed by atoms with Gasteiger partial charge in [-0.3, -0.25) is 9.52 Å². The number of esters is 1. The molecule has 0 aliphatic rings. The van der Waals surface area contributed by atoms with Crippen molar-refractivity contribution < 1.29 is 27.4 Å². The van der Waals surface area contributed by atoms with Crippen LogP contribution in [0.4, 0.5) is 10.1 Å². The number of phenols is 1. The monoisotopic (exact) mass is 311 g/mol. The van der Waals surface area contributed by atoms with Gasteiger partial charge in [0.25, 0.3) is 0 Å². The van der Waals surface area contributed by atoms with Crippen LogP contribution in [0.15, 0.2) is 12.1 Å². The number of nitrogens with one attached hydrogen (secondary N) is 1. The normalized spacial score (nSPS) is 11.1. The topological polar surface area (TPSA) is 92.7 Å². The molecule has 2 N–H and O–H groups in total. The first kappa shape index (κ1) is 15.5. The largest absolute Gasteiger partial charge is 0.504 e. The second-order valence-corrected chi connectivity index (χ2v) is 5.78. The minimum absolute atomic E-state index is 0.328. The molecule has 106 valence electrons. The predicted molar refractivity (Wildman–Crippen MR) is 67.1 cm³/mol. The number of methoxy groups -OCH3 is 1. The number of ether oxygens (including phenoxy) is 1. The summed E-state index contributed by atoms with van der Waals surface area (Å²) in [5.74, 6) is -2.67. The van der Waals surface area contributed by atoms with Crippen molar-refractivity contribution in [3.8, 4) is 5.75 Å². The molecule has 9 heteroatoms. The fourth-order valence-electron chi connectivity index (χ4n) is 1.18. The number of aromatic hydroxyl groups is 1. The van der Waals surface area contributed by atoms with Crippen molar-refractivity contribution in [3.63, 3.8) is 0 Å². The van der Waals surface area contributed by atoms with Crippen LogP contribution in [-0.2, 0) is 19.6 Å². The zero-order chi connectivity index (χ0) is 14.6. The van der Waals surface area contributed by atoms with E-state index in [1.807, 2.05) is 4.72 Å². The number of phenolic OH excluding ortho intramolecular Hbond substituents is 1. The molecule has 0 amide bonds. The number of benzene rings is 1. The van der Waals surface area contributed by atoms with Crippen LogP contribution in [0.5, 0.6) is 5.75 Å². The second-order valence-electron chi connectivity index (χ2n) is 3.53. The lowest BCUT2D eigenvalue weighted by atomic mass is 10.3. The molecule has 0 saturated carbocycles. The van der Waals surface area contributed by atoms with Crippen molar-refractivity contribution in [1.29, 1.82) is 0 Å². The molecule has 0 radical (unpaired) electrons. The fraction of sp³-hybridized carbons (Fsp3) is 0.300.